The third-order valence-electron chi connectivity index (χ3n) is 3.45. The molecule has 2 unspecified atom stereocenters. The van der Waals surface area contributed by atoms with Gasteiger partial charge in [-0.2, -0.15) is 11.8 Å². The van der Waals surface area contributed by atoms with Gasteiger partial charge in [-0.25, -0.2) is 0 Å². The highest BCUT2D eigenvalue weighted by molar-refractivity contribution is 7.99. The average molecular weight is 234 g/mol. The first-order valence-electron chi connectivity index (χ1n) is 5.87. The van der Waals surface area contributed by atoms with E-state index in [1.54, 1.807) is 0 Å². The van der Waals surface area contributed by atoms with Gasteiger partial charge in [0.1, 0.15) is 5.78 Å². The number of carbonyl (C=O) groups excluding carboxylic acids is 1. The summed E-state index contributed by atoms with van der Waals surface area (Å²) in [7, 11) is 0. The van der Waals surface area contributed by atoms with Crippen LogP contribution in [0.25, 0.3) is 0 Å². The van der Waals surface area contributed by atoms with Crippen molar-refractivity contribution in [1.82, 2.24) is 0 Å². The zero-order chi connectivity index (χ0) is 11.5. The summed E-state index contributed by atoms with van der Waals surface area (Å²) in [5, 5.41) is 0.534. The zero-order valence-electron chi connectivity index (χ0n) is 9.90. The van der Waals surface area contributed by atoms with Gasteiger partial charge in [0.05, 0.1) is 0 Å². The first-order chi connectivity index (χ1) is 7.68. The van der Waals surface area contributed by atoms with Crippen molar-refractivity contribution in [1.29, 1.82) is 0 Å². The van der Waals surface area contributed by atoms with Gasteiger partial charge in [0.2, 0.25) is 0 Å². The first kappa shape index (κ1) is 11.7. The maximum Gasteiger partial charge on any atom is 0.136 e. The van der Waals surface area contributed by atoms with Gasteiger partial charge in [-0.1, -0.05) is 31.2 Å². The Labute approximate surface area is 102 Å². The highest BCUT2D eigenvalue weighted by Crippen LogP contribution is 2.34. The number of ketones is 1. The Balaban J connectivity index is 1.93. The number of benzene rings is 1. The first-order valence-corrected chi connectivity index (χ1v) is 6.92. The zero-order valence-corrected chi connectivity index (χ0v) is 10.7. The monoisotopic (exact) mass is 234 g/mol. The maximum atomic E-state index is 11.4. The Morgan fingerprint density at radius 3 is 2.75 bits per heavy atom. The lowest BCUT2D eigenvalue weighted by molar-refractivity contribution is -0.120. The van der Waals surface area contributed by atoms with Crippen LogP contribution in [0.4, 0.5) is 0 Å². The molecule has 1 aromatic carbocycles. The molecular weight excluding hydrogens is 216 g/mol. The second kappa shape index (κ2) is 5.05. The van der Waals surface area contributed by atoms with Crippen LogP contribution in [0.2, 0.25) is 0 Å². The molecule has 0 saturated heterocycles. The molecular formula is C14H18OS. The molecule has 86 valence electrons. The molecule has 1 nitrogen and oxygen atoms in total. The van der Waals surface area contributed by atoms with E-state index in [2.05, 4.69) is 38.1 Å². The van der Waals surface area contributed by atoms with Crippen molar-refractivity contribution in [3.8, 4) is 0 Å². The molecule has 0 aliphatic heterocycles. The Hall–Kier alpha value is -0.760. The topological polar surface area (TPSA) is 17.1 Å². The van der Waals surface area contributed by atoms with E-state index >= 15 is 0 Å². The van der Waals surface area contributed by atoms with Crippen LogP contribution in [-0.4, -0.2) is 11.0 Å². The van der Waals surface area contributed by atoms with E-state index in [1.807, 2.05) is 11.8 Å². The van der Waals surface area contributed by atoms with E-state index < -0.39 is 0 Å². The lowest BCUT2D eigenvalue weighted by atomic mass is 10.1. The molecule has 1 aromatic rings. The molecule has 0 amide bonds. The molecule has 0 radical (unpaired) electrons. The summed E-state index contributed by atoms with van der Waals surface area (Å²) in [6, 6.07) is 8.50. The summed E-state index contributed by atoms with van der Waals surface area (Å²) in [6.45, 7) is 4.23. The van der Waals surface area contributed by atoms with Crippen molar-refractivity contribution in [2.45, 2.75) is 37.7 Å². The van der Waals surface area contributed by atoms with Crippen LogP contribution in [-0.2, 0) is 10.5 Å². The third kappa shape index (κ3) is 2.49. The van der Waals surface area contributed by atoms with E-state index in [-0.39, 0.29) is 5.92 Å². The predicted molar refractivity (Wildman–Crippen MR) is 69.7 cm³/mol. The molecule has 1 aliphatic carbocycles. The molecule has 1 aliphatic rings. The number of thioether (sulfide) groups is 1. The molecule has 0 aromatic heterocycles. The largest absolute Gasteiger partial charge is 0.299 e. The second-order valence-corrected chi connectivity index (χ2v) is 5.80. The Morgan fingerprint density at radius 1 is 1.38 bits per heavy atom. The lowest BCUT2D eigenvalue weighted by Gasteiger charge is -2.14. The Bertz CT molecular complexity index is 386. The van der Waals surface area contributed by atoms with Crippen molar-refractivity contribution in [2.75, 3.05) is 0 Å². The van der Waals surface area contributed by atoms with E-state index in [4.69, 9.17) is 0 Å². The molecule has 0 spiro atoms. The third-order valence-corrected chi connectivity index (χ3v) is 5.00. The van der Waals surface area contributed by atoms with E-state index in [0.717, 1.165) is 18.6 Å². The minimum atomic E-state index is 0.258. The van der Waals surface area contributed by atoms with Crippen LogP contribution in [0.3, 0.4) is 0 Å². The summed E-state index contributed by atoms with van der Waals surface area (Å²) < 4.78 is 0. The van der Waals surface area contributed by atoms with Gasteiger partial charge in [-0.15, -0.1) is 0 Å². The molecule has 0 bridgehead atoms. The summed E-state index contributed by atoms with van der Waals surface area (Å²) in [5.41, 5.74) is 2.76. The van der Waals surface area contributed by atoms with Crippen molar-refractivity contribution >= 4 is 17.5 Å². The standard InChI is InChI=1S/C14H18OS/c1-10-5-3-4-6-12(10)9-16-14-8-7-13(15)11(14)2/h3-6,11,14H,7-9H2,1-2H3. The quantitative estimate of drug-likeness (QED) is 0.795. The fourth-order valence-electron chi connectivity index (χ4n) is 2.17. The van der Waals surface area contributed by atoms with Crippen LogP contribution >= 0.6 is 11.8 Å². The van der Waals surface area contributed by atoms with Crippen LogP contribution in [0.15, 0.2) is 24.3 Å². The van der Waals surface area contributed by atoms with Gasteiger partial charge in [0.25, 0.3) is 0 Å². The molecule has 0 N–H and O–H groups in total. The molecule has 1 saturated carbocycles. The van der Waals surface area contributed by atoms with E-state index in [9.17, 15) is 4.79 Å². The number of aryl methyl sites for hydroxylation is 1. The average Bonchev–Trinajstić information content (AvgIpc) is 2.59. The van der Waals surface area contributed by atoms with E-state index in [0.29, 0.717) is 11.0 Å². The van der Waals surface area contributed by atoms with Gasteiger partial charge < -0.3 is 0 Å². The number of hydrogen-bond acceptors (Lipinski definition) is 2. The van der Waals surface area contributed by atoms with Gasteiger partial charge in [-0.3, -0.25) is 4.79 Å². The maximum absolute atomic E-state index is 11.4. The predicted octanol–water partition coefficient (Wildman–Crippen LogP) is 3.60. The number of carbonyl (C=O) groups is 1. The second-order valence-electron chi connectivity index (χ2n) is 4.57. The summed E-state index contributed by atoms with van der Waals surface area (Å²) >= 11 is 1.94. The van der Waals surface area contributed by atoms with Crippen LogP contribution in [0.1, 0.15) is 30.9 Å². The highest BCUT2D eigenvalue weighted by Gasteiger charge is 2.30. The van der Waals surface area contributed by atoms with Crippen LogP contribution < -0.4 is 0 Å². The lowest BCUT2D eigenvalue weighted by Crippen LogP contribution is -2.12. The molecule has 1 fully saturated rings. The van der Waals surface area contributed by atoms with Crippen LogP contribution in [0.5, 0.6) is 0 Å². The van der Waals surface area contributed by atoms with Crippen molar-refractivity contribution in [2.24, 2.45) is 5.92 Å². The summed E-state index contributed by atoms with van der Waals surface area (Å²) in [4.78, 5) is 11.4. The number of rotatable bonds is 3. The summed E-state index contributed by atoms with van der Waals surface area (Å²) in [5.74, 6) is 1.74. The number of Topliss-reactive ketones (excluding diaryl/α,β-unsaturated/α-hetero) is 1. The van der Waals surface area contributed by atoms with Gasteiger partial charge in [0.15, 0.2) is 0 Å². The minimum Gasteiger partial charge on any atom is -0.299 e. The fourth-order valence-corrected chi connectivity index (χ4v) is 3.61. The highest BCUT2D eigenvalue weighted by atomic mass is 32.2. The van der Waals surface area contributed by atoms with E-state index in [1.165, 1.54) is 11.1 Å². The minimum absolute atomic E-state index is 0.258. The normalized spacial score (nSPS) is 25.0. The van der Waals surface area contributed by atoms with Crippen LogP contribution in [0, 0.1) is 12.8 Å². The van der Waals surface area contributed by atoms with Crippen molar-refractivity contribution in [3.05, 3.63) is 35.4 Å². The molecule has 16 heavy (non-hydrogen) atoms. The molecule has 2 atom stereocenters. The summed E-state index contributed by atoms with van der Waals surface area (Å²) in [6.07, 6.45) is 1.85. The molecule has 2 heteroatoms. The van der Waals surface area contributed by atoms with Crippen molar-refractivity contribution in [3.63, 3.8) is 0 Å². The molecule has 0 heterocycles. The molecule has 2 rings (SSSR count). The Kier molecular flexibility index (Phi) is 3.70. The van der Waals surface area contributed by atoms with Gasteiger partial charge in [-0.05, 0) is 24.5 Å². The fraction of sp³-hybridized carbons (Fsp3) is 0.500. The van der Waals surface area contributed by atoms with Gasteiger partial charge in [0, 0.05) is 23.3 Å². The SMILES string of the molecule is Cc1ccccc1CSC1CCC(=O)C1C. The Morgan fingerprint density at radius 2 is 2.12 bits per heavy atom. The smallest absolute Gasteiger partial charge is 0.136 e. The van der Waals surface area contributed by atoms with Crippen molar-refractivity contribution < 1.29 is 4.79 Å². The van der Waals surface area contributed by atoms with Gasteiger partial charge >= 0.3 is 0 Å². The number of hydrogen-bond donors (Lipinski definition) is 0.